The molecule has 0 saturated heterocycles. The van der Waals surface area contributed by atoms with Crippen LogP contribution in [0.25, 0.3) is 0 Å². The number of rotatable bonds is 5. The molecule has 1 unspecified atom stereocenters. The standard InChI is InChI=1S/C17H20FN/c1-13-4-2-5-14(8-13)9-16(12-19)10-15-6-3-7-17(18)11-15/h2-8,11,16H,9-10,12,19H2,1H3. The van der Waals surface area contributed by atoms with Crippen molar-refractivity contribution in [1.82, 2.24) is 0 Å². The Morgan fingerprint density at radius 1 is 1.00 bits per heavy atom. The lowest BCUT2D eigenvalue weighted by Crippen LogP contribution is -2.19. The zero-order valence-electron chi connectivity index (χ0n) is 11.3. The highest BCUT2D eigenvalue weighted by Gasteiger charge is 2.09. The fourth-order valence-electron chi connectivity index (χ4n) is 2.41. The van der Waals surface area contributed by atoms with Crippen molar-refractivity contribution in [3.05, 3.63) is 71.0 Å². The molecule has 0 saturated carbocycles. The van der Waals surface area contributed by atoms with Gasteiger partial charge in [-0.2, -0.15) is 0 Å². The summed E-state index contributed by atoms with van der Waals surface area (Å²) in [6.07, 6.45) is 1.76. The van der Waals surface area contributed by atoms with Gasteiger partial charge in [-0.25, -0.2) is 4.39 Å². The first-order chi connectivity index (χ1) is 9.17. The number of hydrogen-bond donors (Lipinski definition) is 1. The molecular formula is C17H20FN. The summed E-state index contributed by atoms with van der Waals surface area (Å²) >= 11 is 0. The third kappa shape index (κ3) is 4.18. The van der Waals surface area contributed by atoms with Gasteiger partial charge in [-0.3, -0.25) is 0 Å². The maximum atomic E-state index is 13.2. The van der Waals surface area contributed by atoms with Crippen molar-refractivity contribution >= 4 is 0 Å². The van der Waals surface area contributed by atoms with Gasteiger partial charge in [0.25, 0.3) is 0 Å². The number of aryl methyl sites for hydroxylation is 1. The maximum absolute atomic E-state index is 13.2. The number of halogens is 1. The van der Waals surface area contributed by atoms with E-state index in [0.29, 0.717) is 12.5 Å². The van der Waals surface area contributed by atoms with Crippen LogP contribution in [0.1, 0.15) is 16.7 Å². The SMILES string of the molecule is Cc1cccc(CC(CN)Cc2cccc(F)c2)c1. The normalized spacial score (nSPS) is 12.4. The lowest BCUT2D eigenvalue weighted by atomic mass is 9.92. The van der Waals surface area contributed by atoms with Crippen molar-refractivity contribution in [2.45, 2.75) is 19.8 Å². The van der Waals surface area contributed by atoms with Gasteiger partial charge < -0.3 is 5.73 Å². The number of benzene rings is 2. The van der Waals surface area contributed by atoms with Gasteiger partial charge in [0.15, 0.2) is 0 Å². The van der Waals surface area contributed by atoms with E-state index in [9.17, 15) is 4.39 Å². The van der Waals surface area contributed by atoms with E-state index in [-0.39, 0.29) is 5.82 Å². The Labute approximate surface area is 114 Å². The minimum absolute atomic E-state index is 0.177. The Balaban J connectivity index is 2.04. The van der Waals surface area contributed by atoms with Gasteiger partial charge in [0.05, 0.1) is 0 Å². The molecule has 19 heavy (non-hydrogen) atoms. The molecule has 100 valence electrons. The number of hydrogen-bond acceptors (Lipinski definition) is 1. The molecule has 0 aromatic heterocycles. The molecule has 0 amide bonds. The Morgan fingerprint density at radius 3 is 2.21 bits per heavy atom. The van der Waals surface area contributed by atoms with E-state index in [2.05, 4.69) is 31.2 Å². The molecule has 2 rings (SSSR count). The summed E-state index contributed by atoms with van der Waals surface area (Å²) in [5.74, 6) is 0.174. The summed E-state index contributed by atoms with van der Waals surface area (Å²) < 4.78 is 13.2. The van der Waals surface area contributed by atoms with Crippen LogP contribution < -0.4 is 5.73 Å². The van der Waals surface area contributed by atoms with E-state index in [4.69, 9.17) is 5.73 Å². The van der Waals surface area contributed by atoms with Crippen LogP contribution in [0.4, 0.5) is 4.39 Å². The minimum atomic E-state index is -0.177. The molecule has 0 spiro atoms. The first kappa shape index (κ1) is 13.8. The van der Waals surface area contributed by atoms with E-state index in [0.717, 1.165) is 18.4 Å². The van der Waals surface area contributed by atoms with Crippen LogP contribution in [0.15, 0.2) is 48.5 Å². The summed E-state index contributed by atoms with van der Waals surface area (Å²) in [6.45, 7) is 2.71. The summed E-state index contributed by atoms with van der Waals surface area (Å²) in [4.78, 5) is 0. The monoisotopic (exact) mass is 257 g/mol. The fourth-order valence-corrected chi connectivity index (χ4v) is 2.41. The molecule has 0 bridgehead atoms. The lowest BCUT2D eigenvalue weighted by molar-refractivity contribution is 0.530. The van der Waals surface area contributed by atoms with Crippen molar-refractivity contribution in [2.75, 3.05) is 6.54 Å². The van der Waals surface area contributed by atoms with Gasteiger partial charge >= 0.3 is 0 Å². The predicted octanol–water partition coefficient (Wildman–Crippen LogP) is 3.49. The molecule has 0 aliphatic heterocycles. The molecule has 0 aliphatic rings. The molecule has 0 radical (unpaired) electrons. The third-order valence-electron chi connectivity index (χ3n) is 3.35. The van der Waals surface area contributed by atoms with Gasteiger partial charge in [0.1, 0.15) is 5.82 Å². The van der Waals surface area contributed by atoms with E-state index >= 15 is 0 Å². The van der Waals surface area contributed by atoms with Crippen molar-refractivity contribution in [3.8, 4) is 0 Å². The highest BCUT2D eigenvalue weighted by Crippen LogP contribution is 2.15. The fraction of sp³-hybridized carbons (Fsp3) is 0.294. The van der Waals surface area contributed by atoms with E-state index in [1.807, 2.05) is 6.07 Å². The minimum Gasteiger partial charge on any atom is -0.330 e. The summed E-state index contributed by atoms with van der Waals surface area (Å²) in [5.41, 5.74) is 9.43. The van der Waals surface area contributed by atoms with Crippen LogP contribution in [0.3, 0.4) is 0 Å². The molecular weight excluding hydrogens is 237 g/mol. The van der Waals surface area contributed by atoms with Crippen molar-refractivity contribution < 1.29 is 4.39 Å². The van der Waals surface area contributed by atoms with Crippen LogP contribution in [0.2, 0.25) is 0 Å². The second-order valence-corrected chi connectivity index (χ2v) is 5.13. The smallest absolute Gasteiger partial charge is 0.123 e. The molecule has 2 aromatic carbocycles. The Kier molecular flexibility index (Phi) is 4.69. The molecule has 0 aliphatic carbocycles. The van der Waals surface area contributed by atoms with Gasteiger partial charge in [0, 0.05) is 0 Å². The second kappa shape index (κ2) is 6.48. The van der Waals surface area contributed by atoms with Gasteiger partial charge in [-0.15, -0.1) is 0 Å². The second-order valence-electron chi connectivity index (χ2n) is 5.13. The maximum Gasteiger partial charge on any atom is 0.123 e. The Hall–Kier alpha value is -1.67. The molecule has 2 heteroatoms. The molecule has 2 N–H and O–H groups in total. The molecule has 1 atom stereocenters. The van der Waals surface area contributed by atoms with Crippen molar-refractivity contribution in [2.24, 2.45) is 11.7 Å². The lowest BCUT2D eigenvalue weighted by Gasteiger charge is -2.15. The zero-order valence-corrected chi connectivity index (χ0v) is 11.3. The van der Waals surface area contributed by atoms with Crippen LogP contribution in [-0.2, 0) is 12.8 Å². The number of nitrogens with two attached hydrogens (primary N) is 1. The molecule has 1 nitrogen and oxygen atoms in total. The van der Waals surface area contributed by atoms with Crippen molar-refractivity contribution in [1.29, 1.82) is 0 Å². The predicted molar refractivity (Wildman–Crippen MR) is 77.5 cm³/mol. The van der Waals surface area contributed by atoms with Crippen LogP contribution in [0.5, 0.6) is 0 Å². The Morgan fingerprint density at radius 2 is 1.63 bits per heavy atom. The van der Waals surface area contributed by atoms with Gasteiger partial charge in [-0.05, 0) is 55.5 Å². The summed E-state index contributed by atoms with van der Waals surface area (Å²) in [7, 11) is 0. The highest BCUT2D eigenvalue weighted by atomic mass is 19.1. The third-order valence-corrected chi connectivity index (χ3v) is 3.35. The van der Waals surface area contributed by atoms with Gasteiger partial charge in [0.2, 0.25) is 0 Å². The average molecular weight is 257 g/mol. The van der Waals surface area contributed by atoms with E-state index in [1.54, 1.807) is 12.1 Å². The molecule has 0 fully saturated rings. The van der Waals surface area contributed by atoms with Crippen LogP contribution in [0, 0.1) is 18.7 Å². The van der Waals surface area contributed by atoms with Gasteiger partial charge in [-0.1, -0.05) is 42.0 Å². The first-order valence-electron chi connectivity index (χ1n) is 6.67. The molecule has 0 heterocycles. The Bertz CT molecular complexity index is 489. The first-order valence-corrected chi connectivity index (χ1v) is 6.67. The average Bonchev–Trinajstić information content (AvgIpc) is 2.38. The highest BCUT2D eigenvalue weighted by molar-refractivity contribution is 5.23. The van der Waals surface area contributed by atoms with Crippen molar-refractivity contribution in [3.63, 3.8) is 0 Å². The van der Waals surface area contributed by atoms with E-state index < -0.39 is 0 Å². The summed E-state index contributed by atoms with van der Waals surface area (Å²) in [6, 6.07) is 15.3. The van der Waals surface area contributed by atoms with E-state index in [1.165, 1.54) is 17.2 Å². The van der Waals surface area contributed by atoms with Crippen LogP contribution in [-0.4, -0.2) is 6.54 Å². The quantitative estimate of drug-likeness (QED) is 0.871. The zero-order chi connectivity index (χ0) is 13.7. The summed E-state index contributed by atoms with van der Waals surface area (Å²) in [5, 5.41) is 0. The van der Waals surface area contributed by atoms with Crippen LogP contribution >= 0.6 is 0 Å². The largest absolute Gasteiger partial charge is 0.330 e. The topological polar surface area (TPSA) is 26.0 Å². The molecule has 2 aromatic rings.